The molecule has 0 aromatic carbocycles. The first-order chi connectivity index (χ1) is 4.59. The van der Waals surface area contributed by atoms with E-state index in [0.29, 0.717) is 0 Å². The third kappa shape index (κ3) is 2.29. The van der Waals surface area contributed by atoms with Crippen molar-refractivity contribution in [3.8, 4) is 0 Å². The van der Waals surface area contributed by atoms with Crippen LogP contribution in [0.2, 0.25) is 27.0 Å². The summed E-state index contributed by atoms with van der Waals surface area (Å²) < 4.78 is 1.67. The Balaban J connectivity index is 3.11. The van der Waals surface area contributed by atoms with Crippen LogP contribution < -0.4 is 0 Å². The van der Waals surface area contributed by atoms with Crippen LogP contribution in [-0.4, -0.2) is 0 Å². The van der Waals surface area contributed by atoms with Crippen molar-refractivity contribution in [2.24, 2.45) is 0 Å². The maximum absolute atomic E-state index is 2.46. The van der Waals surface area contributed by atoms with Crippen molar-refractivity contribution in [1.82, 2.24) is 0 Å². The molecule has 0 amide bonds. The molecule has 1 heteroatoms. The van der Waals surface area contributed by atoms with Gasteiger partial charge in [-0.05, 0) is 0 Å². The zero-order valence-electron chi connectivity index (χ0n) is 8.26. The van der Waals surface area contributed by atoms with Gasteiger partial charge in [-0.3, -0.25) is 0 Å². The molecular formula is C10H20Pd. The summed E-state index contributed by atoms with van der Waals surface area (Å²) in [6, 6.07) is 0. The Bertz CT molecular complexity index is 232. The Labute approximate surface area is 68.9 Å². The topological polar surface area (TPSA) is 0 Å². The fraction of sp³-hybridized carbons (Fsp3) is 0.600. The number of rotatable bonds is 1. The molecule has 0 fully saturated rings. The second-order valence-electron chi connectivity index (χ2n) is 5.16. The summed E-state index contributed by atoms with van der Waals surface area (Å²) >= 11 is -2.32. The molecule has 0 bridgehead atoms. The first-order valence-electron chi connectivity index (χ1n) is 3.46. The van der Waals surface area contributed by atoms with Crippen LogP contribution in [0.5, 0.6) is 0 Å². The van der Waals surface area contributed by atoms with Gasteiger partial charge in [0.25, 0.3) is 0 Å². The summed E-state index contributed by atoms with van der Waals surface area (Å²) in [6.45, 7) is 0. The Morgan fingerprint density at radius 1 is 1.09 bits per heavy atom. The number of allylic oxidation sites excluding steroid dienone is 4. The van der Waals surface area contributed by atoms with Crippen molar-refractivity contribution < 1.29 is 13.1 Å². The molecule has 1 aliphatic rings. The first-order valence-corrected chi connectivity index (χ1v) is 12.0. The summed E-state index contributed by atoms with van der Waals surface area (Å²) in [5, 5.41) is 12.3. The average molecular weight is 247 g/mol. The van der Waals surface area contributed by atoms with Gasteiger partial charge in [-0.2, -0.15) is 0 Å². The minimum atomic E-state index is -2.32. The quantitative estimate of drug-likeness (QED) is 0.606. The van der Waals surface area contributed by atoms with Gasteiger partial charge < -0.3 is 0 Å². The number of hydrogen-bond donors (Lipinski definition) is 0. The fourth-order valence-corrected chi connectivity index (χ4v) is 4.21. The van der Waals surface area contributed by atoms with Crippen molar-refractivity contribution in [2.75, 3.05) is 0 Å². The van der Waals surface area contributed by atoms with Crippen molar-refractivity contribution in [3.05, 3.63) is 22.3 Å². The third-order valence-corrected chi connectivity index (χ3v) is 7.29. The average Bonchev–Trinajstić information content (AvgIpc) is 2.01. The SMILES string of the molecule is [CH3][Pd]([CH3])([CH3])([CH3])([CH3])[C]1=CC=CC1. The summed E-state index contributed by atoms with van der Waals surface area (Å²) in [6.07, 6.45) is 7.95. The second kappa shape index (κ2) is 1.73. The van der Waals surface area contributed by atoms with Crippen LogP contribution in [0.1, 0.15) is 6.42 Å². The molecule has 0 saturated heterocycles. The van der Waals surface area contributed by atoms with Gasteiger partial charge in [-0.15, -0.1) is 0 Å². The van der Waals surface area contributed by atoms with E-state index in [4.69, 9.17) is 0 Å². The zero-order chi connectivity index (χ0) is 8.81. The van der Waals surface area contributed by atoms with E-state index < -0.39 is 13.1 Å². The Morgan fingerprint density at radius 3 is 1.82 bits per heavy atom. The van der Waals surface area contributed by atoms with E-state index in [0.717, 1.165) is 0 Å². The van der Waals surface area contributed by atoms with Gasteiger partial charge in [-0.25, -0.2) is 0 Å². The van der Waals surface area contributed by atoms with Crippen LogP contribution in [0.4, 0.5) is 0 Å². The van der Waals surface area contributed by atoms with Crippen molar-refractivity contribution >= 4 is 0 Å². The summed E-state index contributed by atoms with van der Waals surface area (Å²) in [4.78, 5) is 0. The predicted molar refractivity (Wildman–Crippen MR) is 51.2 cm³/mol. The summed E-state index contributed by atoms with van der Waals surface area (Å²) in [5.41, 5.74) is 0. The molecule has 0 aromatic heterocycles. The molecule has 0 heterocycles. The molecule has 0 radical (unpaired) electrons. The standard InChI is InChI=1S/C5H5.5CH3.Pd/c1-2-4-5-3-1;;;;;;/h1-3H,4H2;5*1H3;. The van der Waals surface area contributed by atoms with E-state index >= 15 is 0 Å². The molecule has 0 N–H and O–H groups in total. The first kappa shape index (κ1) is 9.23. The molecule has 11 heavy (non-hydrogen) atoms. The van der Waals surface area contributed by atoms with E-state index in [1.54, 1.807) is 4.05 Å². The van der Waals surface area contributed by atoms with Crippen molar-refractivity contribution in [1.29, 1.82) is 0 Å². The van der Waals surface area contributed by atoms with Crippen LogP contribution >= 0.6 is 0 Å². The molecule has 0 aliphatic heterocycles. The predicted octanol–water partition coefficient (Wildman–Crippen LogP) is 4.30. The van der Waals surface area contributed by atoms with Crippen molar-refractivity contribution in [2.45, 2.75) is 33.4 Å². The van der Waals surface area contributed by atoms with E-state index in [1.807, 2.05) is 0 Å². The Morgan fingerprint density at radius 2 is 1.64 bits per heavy atom. The van der Waals surface area contributed by atoms with E-state index in [2.05, 4.69) is 45.2 Å². The van der Waals surface area contributed by atoms with Crippen LogP contribution in [-0.2, 0) is 13.1 Å². The van der Waals surface area contributed by atoms with Crippen LogP contribution in [0.25, 0.3) is 0 Å². The zero-order valence-corrected chi connectivity index (χ0v) is 9.81. The van der Waals surface area contributed by atoms with E-state index in [1.165, 1.54) is 6.42 Å². The number of hydrogen-bond acceptors (Lipinski definition) is 0. The second-order valence-corrected chi connectivity index (χ2v) is 25.6. The van der Waals surface area contributed by atoms with Gasteiger partial charge in [0.15, 0.2) is 0 Å². The third-order valence-electron chi connectivity index (χ3n) is 1.72. The van der Waals surface area contributed by atoms with Gasteiger partial charge >= 0.3 is 68.8 Å². The molecule has 1 aliphatic carbocycles. The fourth-order valence-electron chi connectivity index (χ4n) is 0.994. The molecule has 0 nitrogen and oxygen atoms in total. The van der Waals surface area contributed by atoms with Gasteiger partial charge in [0.1, 0.15) is 0 Å². The van der Waals surface area contributed by atoms with E-state index in [9.17, 15) is 0 Å². The summed E-state index contributed by atoms with van der Waals surface area (Å²) in [7, 11) is 0. The molecule has 70 valence electrons. The van der Waals surface area contributed by atoms with Gasteiger partial charge in [0.05, 0.1) is 0 Å². The van der Waals surface area contributed by atoms with E-state index in [-0.39, 0.29) is 0 Å². The van der Waals surface area contributed by atoms with Crippen molar-refractivity contribution in [3.63, 3.8) is 0 Å². The van der Waals surface area contributed by atoms with Crippen LogP contribution in [0.3, 0.4) is 0 Å². The van der Waals surface area contributed by atoms with Gasteiger partial charge in [0, 0.05) is 0 Å². The van der Waals surface area contributed by atoms with Gasteiger partial charge in [0.2, 0.25) is 0 Å². The molecule has 0 aromatic rings. The summed E-state index contributed by atoms with van der Waals surface area (Å²) in [5.74, 6) is 0. The van der Waals surface area contributed by atoms with Gasteiger partial charge in [-0.1, -0.05) is 0 Å². The van der Waals surface area contributed by atoms with Crippen LogP contribution in [0, 0.1) is 0 Å². The molecule has 0 atom stereocenters. The normalized spacial score (nSPS) is 24.3. The molecular weight excluding hydrogens is 227 g/mol. The minimum absolute atomic E-state index is 1.18. The monoisotopic (exact) mass is 246 g/mol. The Hall–Kier alpha value is 0.142. The Kier molecular flexibility index (Phi) is 1.45. The molecule has 1 rings (SSSR count). The molecule has 0 unspecified atom stereocenters. The molecule has 0 spiro atoms. The maximum atomic E-state index is 2.46. The molecule has 0 saturated carbocycles. The van der Waals surface area contributed by atoms with Crippen LogP contribution in [0.15, 0.2) is 22.3 Å².